The Bertz CT molecular complexity index is 366. The number of nitrogens with one attached hydrogen (secondary N) is 1. The van der Waals surface area contributed by atoms with Gasteiger partial charge < -0.3 is 10.1 Å². The number of anilines is 1. The van der Waals surface area contributed by atoms with Crippen LogP contribution in [0.2, 0.25) is 0 Å². The number of pyridine rings is 1. The van der Waals surface area contributed by atoms with Gasteiger partial charge in [0.1, 0.15) is 0 Å². The first-order valence-corrected chi connectivity index (χ1v) is 6.67. The first-order chi connectivity index (χ1) is 8.78. The largest absolute Gasteiger partial charge is 0.388 e. The lowest BCUT2D eigenvalue weighted by Crippen LogP contribution is -2.23. The van der Waals surface area contributed by atoms with Crippen LogP contribution in [0.15, 0.2) is 18.3 Å². The van der Waals surface area contributed by atoms with Crippen LogP contribution >= 0.6 is 0 Å². The van der Waals surface area contributed by atoms with Crippen LogP contribution in [0.1, 0.15) is 18.5 Å². The molecule has 100 valence electrons. The molecule has 0 radical (unpaired) electrons. The van der Waals surface area contributed by atoms with Crippen LogP contribution < -0.4 is 5.32 Å². The predicted octanol–water partition coefficient (Wildman–Crippen LogP) is 1.98. The molecule has 1 saturated carbocycles. The highest BCUT2D eigenvalue weighted by Gasteiger charge is 2.20. The highest BCUT2D eigenvalue weighted by molar-refractivity contribution is 5.42. The van der Waals surface area contributed by atoms with Gasteiger partial charge in [0.2, 0.25) is 0 Å². The molecule has 0 spiro atoms. The maximum absolute atomic E-state index is 5.64. The van der Waals surface area contributed by atoms with Gasteiger partial charge in [-0.15, -0.1) is 0 Å². The Hall–Kier alpha value is -1.13. The van der Waals surface area contributed by atoms with E-state index in [-0.39, 0.29) is 0 Å². The van der Waals surface area contributed by atoms with Gasteiger partial charge in [-0.25, -0.2) is 0 Å². The van der Waals surface area contributed by atoms with Crippen molar-refractivity contribution in [2.24, 2.45) is 5.92 Å². The zero-order valence-electron chi connectivity index (χ0n) is 11.4. The van der Waals surface area contributed by atoms with E-state index >= 15 is 0 Å². The lowest BCUT2D eigenvalue weighted by atomic mass is 10.3. The van der Waals surface area contributed by atoms with Crippen molar-refractivity contribution in [3.05, 3.63) is 24.0 Å². The van der Waals surface area contributed by atoms with E-state index in [1.807, 2.05) is 19.3 Å². The molecular weight excluding hydrogens is 226 g/mol. The van der Waals surface area contributed by atoms with Crippen molar-refractivity contribution in [2.75, 3.05) is 39.2 Å². The molecule has 1 aromatic rings. The van der Waals surface area contributed by atoms with E-state index in [1.165, 1.54) is 12.8 Å². The average Bonchev–Trinajstić information content (AvgIpc) is 3.19. The Morgan fingerprint density at radius 1 is 1.50 bits per heavy atom. The molecule has 4 nitrogen and oxygen atoms in total. The molecule has 1 aliphatic carbocycles. The molecule has 1 fully saturated rings. The summed E-state index contributed by atoms with van der Waals surface area (Å²) in [7, 11) is 4.03. The van der Waals surface area contributed by atoms with Crippen molar-refractivity contribution in [1.82, 2.24) is 9.88 Å². The van der Waals surface area contributed by atoms with E-state index in [2.05, 4.69) is 28.3 Å². The summed E-state index contributed by atoms with van der Waals surface area (Å²) in [5, 5.41) is 3.13. The minimum absolute atomic E-state index is 0.818. The molecule has 1 aromatic heterocycles. The van der Waals surface area contributed by atoms with Gasteiger partial charge in [-0.2, -0.15) is 0 Å². The molecule has 0 amide bonds. The molecule has 0 unspecified atom stereocenters. The minimum Gasteiger partial charge on any atom is -0.388 e. The highest BCUT2D eigenvalue weighted by atomic mass is 16.5. The summed E-state index contributed by atoms with van der Waals surface area (Å²) < 4.78 is 5.64. The van der Waals surface area contributed by atoms with E-state index in [0.717, 1.165) is 43.6 Å². The van der Waals surface area contributed by atoms with E-state index < -0.39 is 0 Å². The highest BCUT2D eigenvalue weighted by Crippen LogP contribution is 2.28. The van der Waals surface area contributed by atoms with Crippen molar-refractivity contribution >= 4 is 5.69 Å². The Morgan fingerprint density at radius 2 is 2.33 bits per heavy atom. The molecule has 0 saturated heterocycles. The summed E-state index contributed by atoms with van der Waals surface area (Å²) in [6, 6.07) is 4.06. The fourth-order valence-electron chi connectivity index (χ4n) is 1.83. The van der Waals surface area contributed by atoms with Crippen LogP contribution in [-0.4, -0.2) is 43.7 Å². The Morgan fingerprint density at radius 3 is 3.06 bits per heavy atom. The third-order valence-electron chi connectivity index (χ3n) is 3.20. The Balaban J connectivity index is 1.66. The van der Waals surface area contributed by atoms with Crippen LogP contribution in [-0.2, 0) is 11.3 Å². The molecule has 1 aliphatic rings. The predicted molar refractivity (Wildman–Crippen MR) is 73.7 cm³/mol. The first-order valence-electron chi connectivity index (χ1n) is 6.67. The summed E-state index contributed by atoms with van der Waals surface area (Å²) in [5.41, 5.74) is 2.20. The average molecular weight is 249 g/mol. The molecule has 0 aromatic carbocycles. The van der Waals surface area contributed by atoms with Gasteiger partial charge in [-0.3, -0.25) is 9.88 Å². The van der Waals surface area contributed by atoms with E-state index in [4.69, 9.17) is 4.74 Å². The second-order valence-corrected chi connectivity index (χ2v) is 5.04. The number of nitrogens with zero attached hydrogens (tertiary/aromatic N) is 2. The second kappa shape index (κ2) is 6.71. The maximum atomic E-state index is 5.64. The normalized spacial score (nSPS) is 15.1. The van der Waals surface area contributed by atoms with Gasteiger partial charge in [0, 0.05) is 38.6 Å². The Labute approximate surface area is 109 Å². The molecule has 18 heavy (non-hydrogen) atoms. The number of ether oxygens (including phenoxy) is 1. The summed E-state index contributed by atoms with van der Waals surface area (Å²) >= 11 is 0. The smallest absolute Gasteiger partial charge is 0.0593 e. The minimum atomic E-state index is 0.818. The van der Waals surface area contributed by atoms with Crippen molar-refractivity contribution in [2.45, 2.75) is 19.4 Å². The van der Waals surface area contributed by atoms with Gasteiger partial charge in [0.05, 0.1) is 12.3 Å². The van der Waals surface area contributed by atoms with Gasteiger partial charge in [-0.1, -0.05) is 0 Å². The van der Waals surface area contributed by atoms with Crippen LogP contribution in [0.25, 0.3) is 0 Å². The molecule has 0 bridgehead atoms. The molecule has 1 N–H and O–H groups in total. The van der Waals surface area contributed by atoms with Crippen LogP contribution in [0.5, 0.6) is 0 Å². The van der Waals surface area contributed by atoms with Gasteiger partial charge in [-0.05, 0) is 37.9 Å². The summed E-state index contributed by atoms with van der Waals surface area (Å²) in [6.45, 7) is 3.58. The number of rotatable bonds is 8. The molecular formula is C14H23N3O. The lowest BCUT2D eigenvalue weighted by molar-refractivity contribution is 0.101. The molecule has 1 heterocycles. The van der Waals surface area contributed by atoms with Gasteiger partial charge >= 0.3 is 0 Å². The number of aromatic nitrogens is 1. The van der Waals surface area contributed by atoms with Crippen molar-refractivity contribution in [1.29, 1.82) is 0 Å². The third-order valence-corrected chi connectivity index (χ3v) is 3.20. The fourth-order valence-corrected chi connectivity index (χ4v) is 1.83. The van der Waals surface area contributed by atoms with E-state index in [1.54, 1.807) is 0 Å². The van der Waals surface area contributed by atoms with E-state index in [9.17, 15) is 0 Å². The van der Waals surface area contributed by atoms with Crippen molar-refractivity contribution < 1.29 is 4.74 Å². The lowest BCUT2D eigenvalue weighted by Gasteiger charge is -2.16. The van der Waals surface area contributed by atoms with Crippen molar-refractivity contribution in [3.63, 3.8) is 0 Å². The Kier molecular flexibility index (Phi) is 4.96. The van der Waals surface area contributed by atoms with E-state index in [0.29, 0.717) is 0 Å². The molecule has 2 rings (SSSR count). The number of likely N-dealkylation sites (N-methyl/N-ethyl adjacent to an activating group) is 1. The standard InChI is InChI=1S/C14H23N3O/c1-15-13-5-6-16-14(9-13)10-17(2)7-8-18-11-12-3-4-12/h5-6,9,12H,3-4,7-8,10-11H2,1-2H3,(H,15,16). The van der Waals surface area contributed by atoms with Crippen LogP contribution in [0, 0.1) is 5.92 Å². The second-order valence-electron chi connectivity index (χ2n) is 5.04. The zero-order chi connectivity index (χ0) is 12.8. The van der Waals surface area contributed by atoms with Gasteiger partial charge in [0.25, 0.3) is 0 Å². The maximum Gasteiger partial charge on any atom is 0.0593 e. The third kappa shape index (κ3) is 4.63. The number of hydrogen-bond acceptors (Lipinski definition) is 4. The molecule has 0 atom stereocenters. The zero-order valence-corrected chi connectivity index (χ0v) is 11.4. The summed E-state index contributed by atoms with van der Waals surface area (Å²) in [4.78, 5) is 6.62. The topological polar surface area (TPSA) is 37.4 Å². The molecule has 0 aliphatic heterocycles. The summed E-state index contributed by atoms with van der Waals surface area (Å²) in [5.74, 6) is 0.851. The van der Waals surface area contributed by atoms with Crippen LogP contribution in [0.3, 0.4) is 0 Å². The quantitative estimate of drug-likeness (QED) is 0.715. The first kappa shape index (κ1) is 13.3. The SMILES string of the molecule is CNc1ccnc(CN(C)CCOCC2CC2)c1. The monoisotopic (exact) mass is 249 g/mol. The fraction of sp³-hybridized carbons (Fsp3) is 0.643. The van der Waals surface area contributed by atoms with Gasteiger partial charge in [0.15, 0.2) is 0 Å². The van der Waals surface area contributed by atoms with Crippen LogP contribution in [0.4, 0.5) is 5.69 Å². The van der Waals surface area contributed by atoms with Crippen molar-refractivity contribution in [3.8, 4) is 0 Å². The molecule has 4 heteroatoms. The summed E-state index contributed by atoms with van der Waals surface area (Å²) in [6.07, 6.45) is 4.56. The number of hydrogen-bond donors (Lipinski definition) is 1.